The lowest BCUT2D eigenvalue weighted by Gasteiger charge is -2.11. The topological polar surface area (TPSA) is 116 Å². The van der Waals surface area contributed by atoms with Crippen molar-refractivity contribution in [3.8, 4) is 22.5 Å². The summed E-state index contributed by atoms with van der Waals surface area (Å²) < 4.78 is 7.17. The van der Waals surface area contributed by atoms with Gasteiger partial charge in [-0.25, -0.2) is 14.8 Å². The molecule has 156 valence electrons. The molecule has 1 saturated heterocycles. The summed E-state index contributed by atoms with van der Waals surface area (Å²) in [6.45, 7) is 1.04. The average Bonchev–Trinajstić information content (AvgIpc) is 3.42. The van der Waals surface area contributed by atoms with Gasteiger partial charge in [-0.05, 0) is 24.0 Å². The molecule has 8 heteroatoms. The standard InChI is InChI=1S/C23H21N5O3/c24-20(29)18-19-22(28(23(30)26-19)13-17-7-4-12-31-17)27-21(25-18)16-10-8-15(9-11-16)14-5-2-1-3-6-14/h1-3,5-6,8-11,17H,4,7,12-13H2,(H2,24,29)(H,26,30)/t17-/m0/s1. The van der Waals surface area contributed by atoms with Gasteiger partial charge in [-0.1, -0.05) is 54.6 Å². The van der Waals surface area contributed by atoms with Gasteiger partial charge in [0.1, 0.15) is 5.52 Å². The molecule has 8 nitrogen and oxygen atoms in total. The zero-order valence-corrected chi connectivity index (χ0v) is 16.7. The highest BCUT2D eigenvalue weighted by Gasteiger charge is 2.23. The minimum atomic E-state index is -0.722. The van der Waals surface area contributed by atoms with Gasteiger partial charge in [-0.15, -0.1) is 0 Å². The first kappa shape index (κ1) is 19.2. The van der Waals surface area contributed by atoms with Gasteiger partial charge < -0.3 is 15.5 Å². The highest BCUT2D eigenvalue weighted by molar-refractivity contribution is 6.01. The van der Waals surface area contributed by atoms with E-state index in [0.717, 1.165) is 29.5 Å². The largest absolute Gasteiger partial charge is 0.376 e. The number of hydrogen-bond acceptors (Lipinski definition) is 5. The number of H-pyrrole nitrogens is 1. The van der Waals surface area contributed by atoms with Crippen LogP contribution in [0.2, 0.25) is 0 Å². The van der Waals surface area contributed by atoms with Crippen LogP contribution in [0.3, 0.4) is 0 Å². The van der Waals surface area contributed by atoms with Crippen LogP contribution in [0.15, 0.2) is 59.4 Å². The van der Waals surface area contributed by atoms with Crippen molar-refractivity contribution in [3.05, 3.63) is 70.8 Å². The molecule has 31 heavy (non-hydrogen) atoms. The normalized spacial score (nSPS) is 16.1. The summed E-state index contributed by atoms with van der Waals surface area (Å²) in [5.74, 6) is -0.388. The van der Waals surface area contributed by atoms with Crippen LogP contribution in [0, 0.1) is 0 Å². The van der Waals surface area contributed by atoms with E-state index in [9.17, 15) is 9.59 Å². The van der Waals surface area contributed by atoms with Crippen molar-refractivity contribution in [1.82, 2.24) is 19.5 Å². The van der Waals surface area contributed by atoms with Gasteiger partial charge in [-0.3, -0.25) is 9.36 Å². The van der Waals surface area contributed by atoms with Crippen molar-refractivity contribution < 1.29 is 9.53 Å². The Kier molecular flexibility index (Phi) is 4.83. The Morgan fingerprint density at radius 2 is 1.77 bits per heavy atom. The zero-order chi connectivity index (χ0) is 21.4. The van der Waals surface area contributed by atoms with E-state index in [1.807, 2.05) is 54.6 Å². The maximum absolute atomic E-state index is 12.6. The number of ether oxygens (including phenoxy) is 1. The van der Waals surface area contributed by atoms with Crippen molar-refractivity contribution >= 4 is 17.1 Å². The number of nitrogens with zero attached hydrogens (tertiary/aromatic N) is 3. The lowest BCUT2D eigenvalue weighted by atomic mass is 10.0. The third-order valence-corrected chi connectivity index (χ3v) is 5.52. The van der Waals surface area contributed by atoms with E-state index in [-0.39, 0.29) is 23.0 Å². The Balaban J connectivity index is 1.60. The molecule has 0 radical (unpaired) electrons. The van der Waals surface area contributed by atoms with Gasteiger partial charge in [0.05, 0.1) is 12.6 Å². The van der Waals surface area contributed by atoms with E-state index in [4.69, 9.17) is 10.5 Å². The van der Waals surface area contributed by atoms with E-state index < -0.39 is 5.91 Å². The van der Waals surface area contributed by atoms with Gasteiger partial charge in [0.25, 0.3) is 5.91 Å². The molecule has 2 aromatic carbocycles. The molecule has 5 rings (SSSR count). The molecular weight excluding hydrogens is 394 g/mol. The summed E-state index contributed by atoms with van der Waals surface area (Å²) >= 11 is 0. The van der Waals surface area contributed by atoms with Crippen LogP contribution in [0.5, 0.6) is 0 Å². The van der Waals surface area contributed by atoms with Gasteiger partial charge in [0.2, 0.25) is 0 Å². The van der Waals surface area contributed by atoms with Gasteiger partial charge in [-0.2, -0.15) is 0 Å². The molecular formula is C23H21N5O3. The van der Waals surface area contributed by atoms with Crippen LogP contribution < -0.4 is 11.4 Å². The Morgan fingerprint density at radius 3 is 2.45 bits per heavy atom. The predicted molar refractivity (Wildman–Crippen MR) is 117 cm³/mol. The number of amides is 1. The number of rotatable bonds is 5. The molecule has 1 fully saturated rings. The highest BCUT2D eigenvalue weighted by atomic mass is 16.5. The molecule has 0 saturated carbocycles. The van der Waals surface area contributed by atoms with E-state index >= 15 is 0 Å². The maximum atomic E-state index is 12.6. The fourth-order valence-corrected chi connectivity index (χ4v) is 3.94. The molecule has 0 aliphatic carbocycles. The van der Waals surface area contributed by atoms with Crippen molar-refractivity contribution in [1.29, 1.82) is 0 Å². The van der Waals surface area contributed by atoms with E-state index in [2.05, 4.69) is 15.0 Å². The molecule has 1 aliphatic heterocycles. The zero-order valence-electron chi connectivity index (χ0n) is 16.7. The second-order valence-electron chi connectivity index (χ2n) is 7.58. The summed E-state index contributed by atoms with van der Waals surface area (Å²) in [7, 11) is 0. The summed E-state index contributed by atoms with van der Waals surface area (Å²) in [6.07, 6.45) is 1.78. The van der Waals surface area contributed by atoms with Gasteiger partial charge >= 0.3 is 5.69 Å². The Hall–Kier alpha value is -3.78. The summed E-state index contributed by atoms with van der Waals surface area (Å²) in [5, 5.41) is 0. The van der Waals surface area contributed by atoms with Crippen molar-refractivity contribution in [3.63, 3.8) is 0 Å². The number of primary amides is 1. The fourth-order valence-electron chi connectivity index (χ4n) is 3.94. The smallest absolute Gasteiger partial charge is 0.327 e. The molecule has 0 bridgehead atoms. The van der Waals surface area contributed by atoms with Crippen LogP contribution in [0.4, 0.5) is 0 Å². The first-order valence-electron chi connectivity index (χ1n) is 10.2. The average molecular weight is 415 g/mol. The Morgan fingerprint density at radius 1 is 1.06 bits per heavy atom. The Labute approximate surface area is 177 Å². The summed E-state index contributed by atoms with van der Waals surface area (Å²) in [5.41, 5.74) is 8.67. The molecule has 4 aromatic rings. The van der Waals surface area contributed by atoms with Crippen LogP contribution in [-0.2, 0) is 11.3 Å². The monoisotopic (exact) mass is 415 g/mol. The number of fused-ring (bicyclic) bond motifs is 1. The van der Waals surface area contributed by atoms with Crippen LogP contribution in [0.25, 0.3) is 33.7 Å². The highest BCUT2D eigenvalue weighted by Crippen LogP contribution is 2.25. The fraction of sp³-hybridized carbons (Fsp3) is 0.217. The lowest BCUT2D eigenvalue weighted by molar-refractivity contribution is 0.0970. The molecule has 1 amide bonds. The lowest BCUT2D eigenvalue weighted by Crippen LogP contribution is -2.24. The number of carbonyl (C=O) groups is 1. The van der Waals surface area contributed by atoms with Crippen molar-refractivity contribution in [2.45, 2.75) is 25.5 Å². The number of carbonyl (C=O) groups excluding carboxylic acids is 1. The molecule has 3 N–H and O–H groups in total. The van der Waals surface area contributed by atoms with Crippen LogP contribution >= 0.6 is 0 Å². The number of aromatic amines is 1. The van der Waals surface area contributed by atoms with Crippen molar-refractivity contribution in [2.24, 2.45) is 5.73 Å². The van der Waals surface area contributed by atoms with E-state index in [1.54, 1.807) is 0 Å². The quantitative estimate of drug-likeness (QED) is 0.520. The summed E-state index contributed by atoms with van der Waals surface area (Å²) in [6, 6.07) is 17.7. The second-order valence-corrected chi connectivity index (χ2v) is 7.58. The van der Waals surface area contributed by atoms with Crippen LogP contribution in [-0.4, -0.2) is 38.1 Å². The minimum absolute atomic E-state index is 0.00433. The van der Waals surface area contributed by atoms with Crippen molar-refractivity contribution in [2.75, 3.05) is 6.61 Å². The number of nitrogens with one attached hydrogen (secondary N) is 1. The molecule has 2 aromatic heterocycles. The predicted octanol–water partition coefficient (Wildman–Crippen LogP) is 2.73. The number of imidazole rings is 1. The third-order valence-electron chi connectivity index (χ3n) is 5.52. The molecule has 0 unspecified atom stereocenters. The van der Waals surface area contributed by atoms with Gasteiger partial charge in [0.15, 0.2) is 17.2 Å². The molecule has 0 spiro atoms. The third kappa shape index (κ3) is 3.62. The number of benzene rings is 2. The number of nitrogens with two attached hydrogens (primary N) is 1. The Bertz CT molecular complexity index is 1300. The first-order valence-corrected chi connectivity index (χ1v) is 10.2. The minimum Gasteiger partial charge on any atom is -0.376 e. The second kappa shape index (κ2) is 7.81. The molecule has 3 heterocycles. The van der Waals surface area contributed by atoms with Gasteiger partial charge in [0, 0.05) is 12.2 Å². The molecule has 1 atom stereocenters. The number of hydrogen-bond donors (Lipinski definition) is 2. The van der Waals surface area contributed by atoms with E-state index in [1.165, 1.54) is 4.57 Å². The number of aromatic nitrogens is 4. The SMILES string of the molecule is NC(=O)c1nc(-c2ccc(-c3ccccc3)cc2)nc2c1[nH]c(=O)n2C[C@@H]1CCCO1. The van der Waals surface area contributed by atoms with E-state index in [0.29, 0.717) is 24.6 Å². The van der Waals surface area contributed by atoms with Crippen LogP contribution in [0.1, 0.15) is 23.3 Å². The summed E-state index contributed by atoms with van der Waals surface area (Å²) in [4.78, 5) is 36.3. The maximum Gasteiger partial charge on any atom is 0.327 e. The molecule has 1 aliphatic rings. The first-order chi connectivity index (χ1) is 15.1.